The van der Waals surface area contributed by atoms with Crippen LogP contribution in [0.15, 0.2) is 15.8 Å². The summed E-state index contributed by atoms with van der Waals surface area (Å²) >= 11 is 0. The number of H-pyrrole nitrogens is 1. The summed E-state index contributed by atoms with van der Waals surface area (Å²) in [4.78, 5) is 38.1. The van der Waals surface area contributed by atoms with Crippen LogP contribution >= 0.6 is 0 Å². The van der Waals surface area contributed by atoms with E-state index in [9.17, 15) is 19.6 Å². The Hall–Kier alpha value is -1.95. The molecular weight excluding hydrogens is 396 g/mol. The molecule has 1 aromatic heterocycles. The van der Waals surface area contributed by atoms with E-state index in [1.165, 1.54) is 17.8 Å². The first-order chi connectivity index (χ1) is 13.2. The largest absolute Gasteiger partial charge is 0.414 e. The Morgan fingerprint density at radius 2 is 2.07 bits per heavy atom. The Morgan fingerprint density at radius 1 is 1.45 bits per heavy atom. The number of carbonyl (C=O) groups excluding carboxylic acids is 1. The number of aromatic amines is 1. The first-order valence-corrected chi connectivity index (χ1v) is 12.5. The molecule has 0 radical (unpaired) electrons. The molecule has 11 heteroatoms. The van der Waals surface area contributed by atoms with Gasteiger partial charge in [0.2, 0.25) is 0 Å². The van der Waals surface area contributed by atoms with Crippen molar-refractivity contribution in [1.82, 2.24) is 19.9 Å². The lowest BCUT2D eigenvalue weighted by atomic mass is 10.1. The molecule has 1 aliphatic rings. The zero-order chi connectivity index (χ0) is 22.1. The van der Waals surface area contributed by atoms with Crippen LogP contribution in [0.1, 0.15) is 39.0 Å². The average Bonchev–Trinajstić information content (AvgIpc) is 2.97. The molecule has 3 atom stereocenters. The smallest absolute Gasteiger partial charge is 0.341 e. The number of amides is 2. The third-order valence-electron chi connectivity index (χ3n) is 5.71. The van der Waals surface area contributed by atoms with Crippen LogP contribution in [0.3, 0.4) is 0 Å². The van der Waals surface area contributed by atoms with Gasteiger partial charge >= 0.3 is 11.7 Å². The Bertz CT molecular complexity index is 857. The van der Waals surface area contributed by atoms with Gasteiger partial charge in [-0.2, -0.15) is 0 Å². The maximum Gasteiger partial charge on any atom is 0.341 e. The van der Waals surface area contributed by atoms with E-state index in [-0.39, 0.29) is 18.1 Å². The molecular formula is C18H32N4O6Si. The van der Waals surface area contributed by atoms with Gasteiger partial charge in [0, 0.05) is 25.2 Å². The minimum atomic E-state index is -2.06. The van der Waals surface area contributed by atoms with Crippen LogP contribution in [0.2, 0.25) is 18.1 Å². The summed E-state index contributed by atoms with van der Waals surface area (Å²) in [5.74, 6) is 0. The van der Waals surface area contributed by atoms with Gasteiger partial charge in [-0.3, -0.25) is 19.6 Å². The van der Waals surface area contributed by atoms with Crippen LogP contribution in [0, 0.1) is 6.92 Å². The lowest BCUT2D eigenvalue weighted by molar-refractivity contribution is -0.0325. The molecule has 2 amide bonds. The number of aromatic nitrogens is 2. The van der Waals surface area contributed by atoms with Crippen molar-refractivity contribution in [2.45, 2.75) is 70.6 Å². The highest BCUT2D eigenvalue weighted by atomic mass is 28.4. The van der Waals surface area contributed by atoms with Crippen LogP contribution in [0.25, 0.3) is 0 Å². The van der Waals surface area contributed by atoms with Crippen molar-refractivity contribution < 1.29 is 19.2 Å². The predicted octanol–water partition coefficient (Wildman–Crippen LogP) is 1.55. The lowest BCUT2D eigenvalue weighted by Crippen LogP contribution is -2.49. The second-order valence-corrected chi connectivity index (χ2v) is 13.8. The van der Waals surface area contributed by atoms with E-state index in [0.29, 0.717) is 10.6 Å². The van der Waals surface area contributed by atoms with Gasteiger partial charge in [0.1, 0.15) is 12.3 Å². The standard InChI is InChI=1S/C18H32N4O6Si/c1-11-9-22(17(25)20-15(11)23)14-8-12(19-16(24)21(5)26)13(28-14)10-27-29(6,7)18(2,3)4/h9,12-14,26H,8,10H2,1-7H3,(H,19,24)(H,20,23,25)/t12-,13+,14+/m0/s1. The summed E-state index contributed by atoms with van der Waals surface area (Å²) in [5, 5.41) is 12.6. The van der Waals surface area contributed by atoms with Crippen LogP contribution in [-0.4, -0.2) is 60.0 Å². The molecule has 0 spiro atoms. The fourth-order valence-corrected chi connectivity index (χ4v) is 3.78. The molecule has 10 nitrogen and oxygen atoms in total. The number of ether oxygens (including phenoxy) is 1. The molecule has 0 aliphatic carbocycles. The van der Waals surface area contributed by atoms with Gasteiger partial charge in [-0.1, -0.05) is 20.8 Å². The zero-order valence-electron chi connectivity index (χ0n) is 18.1. The summed E-state index contributed by atoms with van der Waals surface area (Å²) in [6.45, 7) is 12.4. The van der Waals surface area contributed by atoms with Crippen molar-refractivity contribution in [2.75, 3.05) is 13.7 Å². The van der Waals surface area contributed by atoms with Crippen molar-refractivity contribution in [1.29, 1.82) is 0 Å². The first-order valence-electron chi connectivity index (χ1n) is 9.57. The first kappa shape index (κ1) is 23.3. The number of hydrogen-bond donors (Lipinski definition) is 3. The number of carbonyl (C=O) groups is 1. The second-order valence-electron chi connectivity index (χ2n) is 8.99. The Morgan fingerprint density at radius 3 is 2.62 bits per heavy atom. The van der Waals surface area contributed by atoms with Gasteiger partial charge in [-0.05, 0) is 25.1 Å². The molecule has 164 valence electrons. The molecule has 0 unspecified atom stereocenters. The van der Waals surface area contributed by atoms with Gasteiger partial charge in [0.25, 0.3) is 5.56 Å². The van der Waals surface area contributed by atoms with E-state index >= 15 is 0 Å². The van der Waals surface area contributed by atoms with E-state index < -0.39 is 44.0 Å². The molecule has 2 rings (SSSR count). The molecule has 1 saturated heterocycles. The number of nitrogens with zero attached hydrogens (tertiary/aromatic N) is 2. The third-order valence-corrected chi connectivity index (χ3v) is 10.2. The molecule has 0 aromatic carbocycles. The predicted molar refractivity (Wildman–Crippen MR) is 110 cm³/mol. The van der Waals surface area contributed by atoms with Gasteiger partial charge in [-0.25, -0.2) is 14.7 Å². The third kappa shape index (κ3) is 5.35. The van der Waals surface area contributed by atoms with E-state index in [1.807, 2.05) is 0 Å². The Kier molecular flexibility index (Phi) is 6.77. The van der Waals surface area contributed by atoms with E-state index in [1.54, 1.807) is 6.92 Å². The van der Waals surface area contributed by atoms with Crippen LogP contribution < -0.4 is 16.6 Å². The van der Waals surface area contributed by atoms with Gasteiger partial charge < -0.3 is 14.5 Å². The normalized spacial score (nSPS) is 22.6. The maximum absolute atomic E-state index is 12.2. The summed E-state index contributed by atoms with van der Waals surface area (Å²) in [5.41, 5.74) is -0.653. The van der Waals surface area contributed by atoms with Crippen LogP contribution in [0.4, 0.5) is 4.79 Å². The summed E-state index contributed by atoms with van der Waals surface area (Å²) in [6.07, 6.45) is 0.536. The highest BCUT2D eigenvalue weighted by Gasteiger charge is 2.42. The topological polar surface area (TPSA) is 126 Å². The Balaban J connectivity index is 2.25. The van der Waals surface area contributed by atoms with Crippen molar-refractivity contribution in [3.8, 4) is 0 Å². The number of nitrogens with one attached hydrogen (secondary N) is 2. The zero-order valence-corrected chi connectivity index (χ0v) is 19.1. The van der Waals surface area contributed by atoms with Crippen molar-refractivity contribution in [3.63, 3.8) is 0 Å². The molecule has 1 aliphatic heterocycles. The molecule has 1 aromatic rings. The number of aryl methyl sites for hydroxylation is 1. The van der Waals surface area contributed by atoms with E-state index in [2.05, 4.69) is 44.2 Å². The van der Waals surface area contributed by atoms with Gasteiger partial charge in [-0.15, -0.1) is 0 Å². The quantitative estimate of drug-likeness (QED) is 0.371. The molecule has 2 heterocycles. The monoisotopic (exact) mass is 428 g/mol. The number of hydrogen-bond acceptors (Lipinski definition) is 6. The molecule has 0 saturated carbocycles. The van der Waals surface area contributed by atoms with Crippen molar-refractivity contribution >= 4 is 14.3 Å². The highest BCUT2D eigenvalue weighted by Crippen LogP contribution is 2.37. The molecule has 1 fully saturated rings. The maximum atomic E-state index is 12.2. The van der Waals surface area contributed by atoms with Crippen molar-refractivity contribution in [3.05, 3.63) is 32.6 Å². The van der Waals surface area contributed by atoms with E-state index in [4.69, 9.17) is 9.16 Å². The minimum Gasteiger partial charge on any atom is -0.414 e. The van der Waals surface area contributed by atoms with E-state index in [0.717, 1.165) is 0 Å². The SMILES string of the molecule is Cc1cn([C@H]2C[C@H](NC(=O)N(C)O)[C@@H](CO[Si](C)(C)C(C)(C)C)O2)c(=O)[nH]c1=O. The lowest BCUT2D eigenvalue weighted by Gasteiger charge is -2.37. The summed E-state index contributed by atoms with van der Waals surface area (Å²) < 4.78 is 13.6. The number of urea groups is 1. The molecule has 29 heavy (non-hydrogen) atoms. The summed E-state index contributed by atoms with van der Waals surface area (Å²) in [6, 6.07) is -1.16. The summed E-state index contributed by atoms with van der Waals surface area (Å²) in [7, 11) is -0.839. The Labute approximate surface area is 170 Å². The van der Waals surface area contributed by atoms with Crippen molar-refractivity contribution in [2.24, 2.45) is 0 Å². The van der Waals surface area contributed by atoms with Crippen LogP contribution in [-0.2, 0) is 9.16 Å². The molecule has 3 N–H and O–H groups in total. The van der Waals surface area contributed by atoms with Gasteiger partial charge in [0.05, 0.1) is 12.6 Å². The molecule has 0 bridgehead atoms. The van der Waals surface area contributed by atoms with Gasteiger partial charge in [0.15, 0.2) is 8.32 Å². The minimum absolute atomic E-state index is 0.00202. The number of hydroxylamine groups is 2. The fraction of sp³-hybridized carbons (Fsp3) is 0.722. The fourth-order valence-electron chi connectivity index (χ4n) is 2.77. The number of rotatable bonds is 5. The second kappa shape index (κ2) is 8.42. The highest BCUT2D eigenvalue weighted by molar-refractivity contribution is 6.74. The van der Waals surface area contributed by atoms with Crippen LogP contribution in [0.5, 0.6) is 0 Å². The average molecular weight is 429 g/mol.